The topological polar surface area (TPSA) is 74.8 Å². The Balaban J connectivity index is 2.97. The van der Waals surface area contributed by atoms with E-state index in [0.717, 1.165) is 17.0 Å². The third kappa shape index (κ3) is 4.60. The van der Waals surface area contributed by atoms with Crippen molar-refractivity contribution in [1.29, 1.82) is 0 Å². The van der Waals surface area contributed by atoms with Crippen molar-refractivity contribution in [3.8, 4) is 0 Å². The van der Waals surface area contributed by atoms with E-state index in [9.17, 15) is 16.8 Å². The molecule has 0 aliphatic heterocycles. The molecule has 120 valence electrons. The van der Waals surface area contributed by atoms with Gasteiger partial charge in [-0.25, -0.2) is 16.8 Å². The van der Waals surface area contributed by atoms with E-state index in [2.05, 4.69) is 0 Å². The van der Waals surface area contributed by atoms with Gasteiger partial charge in [0.15, 0.2) is 0 Å². The minimum Gasteiger partial charge on any atom is -0.274 e. The van der Waals surface area contributed by atoms with Crippen LogP contribution >= 0.6 is 0 Å². The number of hydrogen-bond acceptors (Lipinski definition) is 4. The standard InChI is InChI=1S/C13H22N2O4S2/c1-5-6-11-21(18,19)15(3)13-9-7-12(8-10-13)14(2)20(4,16)17/h7-10H,5-6,11H2,1-4H3. The molecule has 0 saturated heterocycles. The van der Waals surface area contributed by atoms with Gasteiger partial charge in [0, 0.05) is 14.1 Å². The van der Waals surface area contributed by atoms with Gasteiger partial charge in [0.1, 0.15) is 0 Å². The van der Waals surface area contributed by atoms with Crippen LogP contribution in [0.1, 0.15) is 19.8 Å². The molecule has 8 heteroatoms. The van der Waals surface area contributed by atoms with Crippen molar-refractivity contribution in [2.45, 2.75) is 19.8 Å². The molecule has 0 radical (unpaired) electrons. The third-order valence-electron chi connectivity index (χ3n) is 3.25. The molecule has 0 heterocycles. The molecule has 21 heavy (non-hydrogen) atoms. The molecular weight excluding hydrogens is 312 g/mol. The molecule has 1 aromatic rings. The number of sulfonamides is 2. The molecule has 0 amide bonds. The number of benzene rings is 1. The largest absolute Gasteiger partial charge is 0.274 e. The summed E-state index contributed by atoms with van der Waals surface area (Å²) < 4.78 is 49.4. The fourth-order valence-corrected chi connectivity index (χ4v) is 3.56. The molecule has 0 spiro atoms. The number of rotatable bonds is 7. The fourth-order valence-electron chi connectivity index (χ4n) is 1.69. The quantitative estimate of drug-likeness (QED) is 0.760. The first kappa shape index (κ1) is 17.8. The van der Waals surface area contributed by atoms with Crippen LogP contribution in [0.4, 0.5) is 11.4 Å². The first-order chi connectivity index (χ1) is 9.59. The maximum Gasteiger partial charge on any atom is 0.234 e. The first-order valence-electron chi connectivity index (χ1n) is 6.60. The van der Waals surface area contributed by atoms with E-state index in [-0.39, 0.29) is 5.75 Å². The summed E-state index contributed by atoms with van der Waals surface area (Å²) in [5.74, 6) is 0.102. The van der Waals surface area contributed by atoms with Crippen LogP contribution in [-0.4, -0.2) is 42.9 Å². The van der Waals surface area contributed by atoms with E-state index < -0.39 is 20.0 Å². The van der Waals surface area contributed by atoms with Crippen LogP contribution in [0.2, 0.25) is 0 Å². The Bertz CT molecular complexity index is 667. The summed E-state index contributed by atoms with van der Waals surface area (Å²) in [7, 11) is -3.71. The lowest BCUT2D eigenvalue weighted by atomic mass is 10.3. The van der Waals surface area contributed by atoms with E-state index in [1.807, 2.05) is 6.92 Å². The third-order valence-corrected chi connectivity index (χ3v) is 6.30. The molecule has 0 atom stereocenters. The summed E-state index contributed by atoms with van der Waals surface area (Å²) in [5.41, 5.74) is 0.998. The molecule has 0 saturated carbocycles. The molecule has 0 aromatic heterocycles. The van der Waals surface area contributed by atoms with Gasteiger partial charge in [-0.3, -0.25) is 8.61 Å². The number of hydrogen-bond donors (Lipinski definition) is 0. The highest BCUT2D eigenvalue weighted by molar-refractivity contribution is 7.92. The lowest BCUT2D eigenvalue weighted by Gasteiger charge is -2.21. The predicted molar refractivity (Wildman–Crippen MR) is 86.8 cm³/mol. The van der Waals surface area contributed by atoms with E-state index in [1.165, 1.54) is 18.4 Å². The number of unbranched alkanes of at least 4 members (excludes halogenated alkanes) is 1. The van der Waals surface area contributed by atoms with Crippen LogP contribution in [0, 0.1) is 0 Å². The highest BCUT2D eigenvalue weighted by Gasteiger charge is 2.18. The molecule has 0 fully saturated rings. The first-order valence-corrected chi connectivity index (χ1v) is 10.1. The molecule has 1 rings (SSSR count). The van der Waals surface area contributed by atoms with Gasteiger partial charge < -0.3 is 0 Å². The average Bonchev–Trinajstić information content (AvgIpc) is 2.42. The second kappa shape index (κ2) is 6.65. The summed E-state index contributed by atoms with van der Waals surface area (Å²) in [6, 6.07) is 6.37. The van der Waals surface area contributed by atoms with Crippen molar-refractivity contribution in [2.24, 2.45) is 0 Å². The summed E-state index contributed by atoms with van der Waals surface area (Å²) in [6.07, 6.45) is 2.54. The predicted octanol–water partition coefficient (Wildman–Crippen LogP) is 1.65. The average molecular weight is 334 g/mol. The Labute approximate surface area is 127 Å². The highest BCUT2D eigenvalue weighted by Crippen LogP contribution is 2.22. The highest BCUT2D eigenvalue weighted by atomic mass is 32.2. The molecule has 0 bridgehead atoms. The van der Waals surface area contributed by atoms with Crippen LogP contribution in [0.5, 0.6) is 0 Å². The number of anilines is 2. The Hall–Kier alpha value is -1.28. The van der Waals surface area contributed by atoms with Crippen LogP contribution in [0.3, 0.4) is 0 Å². The maximum atomic E-state index is 12.1. The van der Waals surface area contributed by atoms with Crippen LogP contribution in [0.15, 0.2) is 24.3 Å². The van der Waals surface area contributed by atoms with Gasteiger partial charge in [-0.1, -0.05) is 13.3 Å². The summed E-state index contributed by atoms with van der Waals surface area (Å²) >= 11 is 0. The van der Waals surface area contributed by atoms with Gasteiger partial charge in [-0.05, 0) is 30.7 Å². The fraction of sp³-hybridized carbons (Fsp3) is 0.538. The van der Waals surface area contributed by atoms with Gasteiger partial charge in [0.25, 0.3) is 0 Å². The second-order valence-corrected chi connectivity index (χ2v) is 9.02. The van der Waals surface area contributed by atoms with Gasteiger partial charge in [-0.15, -0.1) is 0 Å². The normalized spacial score (nSPS) is 12.2. The molecule has 6 nitrogen and oxygen atoms in total. The van der Waals surface area contributed by atoms with Crippen LogP contribution < -0.4 is 8.61 Å². The lowest BCUT2D eigenvalue weighted by molar-refractivity contribution is 0.590. The molecule has 0 unspecified atom stereocenters. The summed E-state index contributed by atoms with van der Waals surface area (Å²) in [4.78, 5) is 0. The van der Waals surface area contributed by atoms with Gasteiger partial charge in [0.2, 0.25) is 20.0 Å². The molecule has 0 aliphatic carbocycles. The van der Waals surface area contributed by atoms with Crippen LogP contribution in [0.25, 0.3) is 0 Å². The van der Waals surface area contributed by atoms with E-state index in [1.54, 1.807) is 24.3 Å². The molecule has 0 N–H and O–H groups in total. The molecular formula is C13H22N2O4S2. The Morgan fingerprint density at radius 1 is 0.905 bits per heavy atom. The molecule has 0 aliphatic rings. The number of nitrogens with zero attached hydrogens (tertiary/aromatic N) is 2. The van der Waals surface area contributed by atoms with Gasteiger partial charge in [-0.2, -0.15) is 0 Å². The van der Waals surface area contributed by atoms with Crippen molar-refractivity contribution in [1.82, 2.24) is 0 Å². The molecule has 1 aromatic carbocycles. The minimum atomic E-state index is -3.34. The van der Waals surface area contributed by atoms with E-state index >= 15 is 0 Å². The smallest absolute Gasteiger partial charge is 0.234 e. The Kier molecular flexibility index (Phi) is 5.63. The van der Waals surface area contributed by atoms with E-state index in [4.69, 9.17) is 0 Å². The summed E-state index contributed by atoms with van der Waals surface area (Å²) in [6.45, 7) is 1.94. The van der Waals surface area contributed by atoms with Crippen molar-refractivity contribution >= 4 is 31.4 Å². The van der Waals surface area contributed by atoms with Crippen molar-refractivity contribution in [3.05, 3.63) is 24.3 Å². The zero-order chi connectivity index (χ0) is 16.3. The van der Waals surface area contributed by atoms with Crippen LogP contribution in [-0.2, 0) is 20.0 Å². The van der Waals surface area contributed by atoms with E-state index in [0.29, 0.717) is 17.8 Å². The zero-order valence-electron chi connectivity index (χ0n) is 12.8. The Morgan fingerprint density at radius 3 is 1.71 bits per heavy atom. The monoisotopic (exact) mass is 334 g/mol. The van der Waals surface area contributed by atoms with Gasteiger partial charge >= 0.3 is 0 Å². The lowest BCUT2D eigenvalue weighted by Crippen LogP contribution is -2.29. The minimum absolute atomic E-state index is 0.102. The zero-order valence-corrected chi connectivity index (χ0v) is 14.4. The van der Waals surface area contributed by atoms with Crippen molar-refractivity contribution in [2.75, 3.05) is 34.7 Å². The van der Waals surface area contributed by atoms with Gasteiger partial charge in [0.05, 0.1) is 23.4 Å². The summed E-state index contributed by atoms with van der Waals surface area (Å²) in [5, 5.41) is 0. The van der Waals surface area contributed by atoms with Crippen molar-refractivity contribution in [3.63, 3.8) is 0 Å². The second-order valence-electron chi connectivity index (χ2n) is 4.88. The SMILES string of the molecule is CCCCS(=O)(=O)N(C)c1ccc(N(C)S(C)(=O)=O)cc1. The van der Waals surface area contributed by atoms with Crippen molar-refractivity contribution < 1.29 is 16.8 Å². The Morgan fingerprint density at radius 2 is 1.33 bits per heavy atom. The maximum absolute atomic E-state index is 12.1.